The van der Waals surface area contributed by atoms with Crippen LogP contribution in [0.4, 0.5) is 0 Å². The second-order valence-electron chi connectivity index (χ2n) is 8.14. The van der Waals surface area contributed by atoms with Crippen LogP contribution in [0.5, 0.6) is 11.9 Å². The van der Waals surface area contributed by atoms with Gasteiger partial charge in [0.2, 0.25) is 5.88 Å². The average Bonchev–Trinajstić information content (AvgIpc) is 3.51. The van der Waals surface area contributed by atoms with Crippen LogP contribution in [0.2, 0.25) is 0 Å². The van der Waals surface area contributed by atoms with Crippen LogP contribution in [0.1, 0.15) is 27.5 Å². The van der Waals surface area contributed by atoms with E-state index in [1.807, 2.05) is 42.5 Å². The second kappa shape index (κ2) is 8.25. The summed E-state index contributed by atoms with van der Waals surface area (Å²) in [6.45, 7) is 0. The fourth-order valence-electron chi connectivity index (χ4n) is 4.79. The van der Waals surface area contributed by atoms with Crippen LogP contribution < -0.4 is 14.8 Å². The number of ether oxygens (including phenoxy) is 2. The molecule has 1 unspecified atom stereocenters. The van der Waals surface area contributed by atoms with Gasteiger partial charge in [-0.05, 0) is 39.9 Å². The Morgan fingerprint density at radius 3 is 2.60 bits per heavy atom. The number of methoxy groups -OCH3 is 2. The van der Waals surface area contributed by atoms with Crippen molar-refractivity contribution in [2.75, 3.05) is 14.2 Å². The van der Waals surface area contributed by atoms with Gasteiger partial charge in [-0.2, -0.15) is 4.98 Å². The monoisotopic (exact) mass is 463 g/mol. The molecule has 0 saturated heterocycles. The first-order valence-corrected chi connectivity index (χ1v) is 11.1. The van der Waals surface area contributed by atoms with Crippen molar-refractivity contribution >= 4 is 16.9 Å². The Morgan fingerprint density at radius 2 is 1.74 bits per heavy atom. The van der Waals surface area contributed by atoms with Gasteiger partial charge in [0.15, 0.2) is 0 Å². The van der Waals surface area contributed by atoms with Gasteiger partial charge in [-0.3, -0.25) is 4.79 Å². The number of carbonyl (C=O) groups is 1. The average molecular weight is 463 g/mol. The third-order valence-corrected chi connectivity index (χ3v) is 6.33. The van der Waals surface area contributed by atoms with E-state index >= 15 is 0 Å². The van der Waals surface area contributed by atoms with Crippen molar-refractivity contribution in [3.8, 4) is 34.1 Å². The van der Waals surface area contributed by atoms with Gasteiger partial charge in [0.05, 0.1) is 31.4 Å². The molecular weight excluding hydrogens is 442 g/mol. The summed E-state index contributed by atoms with van der Waals surface area (Å²) in [4.78, 5) is 29.5. The maximum absolute atomic E-state index is 13.5. The van der Waals surface area contributed by atoms with Crippen LogP contribution in [0.15, 0.2) is 73.2 Å². The lowest BCUT2D eigenvalue weighted by Gasteiger charge is -2.17. The molecule has 8 nitrogen and oxygen atoms in total. The molecule has 2 N–H and O–H groups in total. The molecule has 2 aromatic carbocycles. The highest BCUT2D eigenvalue weighted by Crippen LogP contribution is 2.49. The summed E-state index contributed by atoms with van der Waals surface area (Å²) in [6.07, 6.45) is 5.12. The number of amides is 1. The Labute approximate surface area is 201 Å². The fraction of sp³-hybridized carbons (Fsp3) is 0.111. The van der Waals surface area contributed by atoms with E-state index in [1.54, 1.807) is 31.8 Å². The molecule has 1 aliphatic carbocycles. The molecule has 0 fully saturated rings. The zero-order chi connectivity index (χ0) is 23.9. The Kier molecular flexibility index (Phi) is 4.92. The van der Waals surface area contributed by atoms with E-state index in [2.05, 4.69) is 31.3 Å². The summed E-state index contributed by atoms with van der Waals surface area (Å²) in [6, 6.07) is 17.6. The molecule has 3 heterocycles. The predicted octanol–water partition coefficient (Wildman–Crippen LogP) is 4.54. The summed E-state index contributed by atoms with van der Waals surface area (Å²) < 4.78 is 10.7. The van der Waals surface area contributed by atoms with Gasteiger partial charge in [0.1, 0.15) is 5.65 Å². The number of nitrogens with zero attached hydrogens (tertiary/aromatic N) is 3. The Balaban J connectivity index is 1.48. The molecule has 6 rings (SSSR count). The molecule has 1 aliphatic rings. The van der Waals surface area contributed by atoms with Crippen LogP contribution >= 0.6 is 0 Å². The van der Waals surface area contributed by atoms with Crippen molar-refractivity contribution in [2.45, 2.75) is 6.04 Å². The first kappa shape index (κ1) is 20.9. The van der Waals surface area contributed by atoms with Gasteiger partial charge < -0.3 is 19.8 Å². The molecule has 0 radical (unpaired) electrons. The minimum atomic E-state index is -0.319. The van der Waals surface area contributed by atoms with E-state index in [9.17, 15) is 4.79 Å². The SMILES string of the molecule is COc1ncc(-c2cccc3c2-c2ccccc2C3NC(=O)c2ccnc3[nH]ccc23)c(OC)n1. The zero-order valence-electron chi connectivity index (χ0n) is 19.1. The quantitative estimate of drug-likeness (QED) is 0.397. The maximum atomic E-state index is 13.5. The topological polar surface area (TPSA) is 102 Å². The summed E-state index contributed by atoms with van der Waals surface area (Å²) in [5.74, 6) is 0.252. The number of hydrogen-bond donors (Lipinski definition) is 2. The summed E-state index contributed by atoms with van der Waals surface area (Å²) in [7, 11) is 3.09. The molecule has 0 spiro atoms. The zero-order valence-corrected chi connectivity index (χ0v) is 19.1. The molecule has 5 aromatic rings. The summed E-state index contributed by atoms with van der Waals surface area (Å²) in [5.41, 5.74) is 7.00. The number of rotatable bonds is 5. The normalized spacial score (nSPS) is 13.8. The lowest BCUT2D eigenvalue weighted by atomic mass is 9.95. The highest BCUT2D eigenvalue weighted by atomic mass is 16.5. The van der Waals surface area contributed by atoms with Gasteiger partial charge in [-0.15, -0.1) is 0 Å². The Hall–Kier alpha value is -4.72. The van der Waals surface area contributed by atoms with Gasteiger partial charge in [-0.1, -0.05) is 42.5 Å². The number of carbonyl (C=O) groups excluding carboxylic acids is 1. The van der Waals surface area contributed by atoms with Gasteiger partial charge in [-0.25, -0.2) is 9.97 Å². The standard InChI is InChI=1S/C27H21N5O3/c1-34-26-21(14-30-27(32-26)35-2)16-8-5-9-20-22(16)15-6-3-4-7-17(15)23(20)31-25(33)19-11-13-29-24-18(19)10-12-28-24/h3-14,23H,1-2H3,(H,28,29)(H,31,33). The number of benzene rings is 2. The van der Waals surface area contributed by atoms with Crippen LogP contribution in [-0.4, -0.2) is 40.1 Å². The molecular formula is C27H21N5O3. The van der Waals surface area contributed by atoms with Crippen molar-refractivity contribution < 1.29 is 14.3 Å². The lowest BCUT2D eigenvalue weighted by Crippen LogP contribution is -2.28. The van der Waals surface area contributed by atoms with Crippen molar-refractivity contribution in [1.82, 2.24) is 25.3 Å². The van der Waals surface area contributed by atoms with Crippen LogP contribution in [0.3, 0.4) is 0 Å². The predicted molar refractivity (Wildman–Crippen MR) is 131 cm³/mol. The van der Waals surface area contributed by atoms with Crippen molar-refractivity contribution in [3.63, 3.8) is 0 Å². The van der Waals surface area contributed by atoms with Crippen molar-refractivity contribution in [2.24, 2.45) is 0 Å². The van der Waals surface area contributed by atoms with Gasteiger partial charge in [0.25, 0.3) is 5.91 Å². The summed E-state index contributed by atoms with van der Waals surface area (Å²) >= 11 is 0. The van der Waals surface area contributed by atoms with Gasteiger partial charge in [0, 0.05) is 24.0 Å². The first-order valence-electron chi connectivity index (χ1n) is 11.1. The van der Waals surface area contributed by atoms with E-state index in [-0.39, 0.29) is 18.0 Å². The molecule has 3 aromatic heterocycles. The van der Waals surface area contributed by atoms with E-state index in [0.29, 0.717) is 17.1 Å². The van der Waals surface area contributed by atoms with E-state index in [1.165, 1.54) is 7.11 Å². The number of aromatic amines is 1. The largest absolute Gasteiger partial charge is 0.480 e. The van der Waals surface area contributed by atoms with Crippen molar-refractivity contribution in [1.29, 1.82) is 0 Å². The Bertz CT molecular complexity index is 1590. The number of aromatic nitrogens is 4. The van der Waals surface area contributed by atoms with E-state index in [4.69, 9.17) is 9.47 Å². The number of fused-ring (bicyclic) bond motifs is 4. The highest BCUT2D eigenvalue weighted by molar-refractivity contribution is 6.06. The smallest absolute Gasteiger partial charge is 0.319 e. The molecule has 0 saturated carbocycles. The molecule has 0 aliphatic heterocycles. The molecule has 1 amide bonds. The summed E-state index contributed by atoms with van der Waals surface area (Å²) in [5, 5.41) is 4.03. The first-order chi connectivity index (χ1) is 17.2. The third-order valence-electron chi connectivity index (χ3n) is 6.33. The maximum Gasteiger partial charge on any atom is 0.319 e. The fourth-order valence-corrected chi connectivity index (χ4v) is 4.79. The molecule has 1 atom stereocenters. The van der Waals surface area contributed by atoms with Crippen molar-refractivity contribution in [3.05, 3.63) is 89.9 Å². The third kappa shape index (κ3) is 3.30. The lowest BCUT2D eigenvalue weighted by molar-refractivity contribution is 0.0945. The molecule has 172 valence electrons. The minimum Gasteiger partial charge on any atom is -0.480 e. The van der Waals surface area contributed by atoms with Crippen LogP contribution in [-0.2, 0) is 0 Å². The molecule has 35 heavy (non-hydrogen) atoms. The highest BCUT2D eigenvalue weighted by Gasteiger charge is 2.33. The van der Waals surface area contributed by atoms with E-state index in [0.717, 1.165) is 38.8 Å². The second-order valence-corrected chi connectivity index (χ2v) is 8.14. The number of hydrogen-bond acceptors (Lipinski definition) is 6. The Morgan fingerprint density at radius 1 is 0.914 bits per heavy atom. The number of pyridine rings is 1. The molecule has 0 bridgehead atoms. The number of H-pyrrole nitrogens is 1. The minimum absolute atomic E-state index is 0.166. The number of nitrogens with one attached hydrogen (secondary N) is 2. The van der Waals surface area contributed by atoms with E-state index < -0.39 is 0 Å². The van der Waals surface area contributed by atoms with Crippen LogP contribution in [0.25, 0.3) is 33.3 Å². The van der Waals surface area contributed by atoms with Gasteiger partial charge >= 0.3 is 6.01 Å². The van der Waals surface area contributed by atoms with Crippen LogP contribution in [0, 0.1) is 0 Å². The molecule has 8 heteroatoms.